The van der Waals surface area contributed by atoms with E-state index in [0.29, 0.717) is 48.0 Å². The highest BCUT2D eigenvalue weighted by Gasteiger charge is 2.32. The fourth-order valence-electron chi connectivity index (χ4n) is 4.29. The molecule has 0 saturated carbocycles. The van der Waals surface area contributed by atoms with Crippen LogP contribution in [-0.2, 0) is 9.59 Å². The Morgan fingerprint density at radius 1 is 0.829 bits per heavy atom. The number of anilines is 2. The summed E-state index contributed by atoms with van der Waals surface area (Å²) in [4.78, 5) is 32.9. The van der Waals surface area contributed by atoms with Gasteiger partial charge in [0.25, 0.3) is 5.91 Å². The molecular formula is C27H23F2N3O2S. The van der Waals surface area contributed by atoms with Crippen LogP contribution >= 0.6 is 11.8 Å². The molecule has 2 amide bonds. The number of halogens is 2. The van der Waals surface area contributed by atoms with Crippen LogP contribution in [-0.4, -0.2) is 49.4 Å². The van der Waals surface area contributed by atoms with E-state index in [4.69, 9.17) is 0 Å². The monoisotopic (exact) mass is 491 g/mol. The molecule has 1 fully saturated rings. The van der Waals surface area contributed by atoms with Crippen molar-refractivity contribution in [1.29, 1.82) is 0 Å². The first kappa shape index (κ1) is 23.1. The zero-order chi connectivity index (χ0) is 24.4. The van der Waals surface area contributed by atoms with E-state index in [9.17, 15) is 18.4 Å². The second-order valence-electron chi connectivity index (χ2n) is 8.31. The lowest BCUT2D eigenvalue weighted by atomic mass is 10.2. The minimum atomic E-state index is -0.414. The summed E-state index contributed by atoms with van der Waals surface area (Å²) in [5, 5.41) is 0. The molecule has 2 heterocycles. The number of carbonyl (C=O) groups excluding carboxylic acids is 2. The van der Waals surface area contributed by atoms with E-state index in [1.165, 1.54) is 34.9 Å². The van der Waals surface area contributed by atoms with E-state index in [0.717, 1.165) is 4.90 Å². The largest absolute Gasteiger partial charge is 0.366 e. The molecule has 3 aromatic rings. The second kappa shape index (κ2) is 9.92. The number of hydrogen-bond acceptors (Lipinski definition) is 4. The number of piperazine rings is 1. The number of para-hydroxylation sites is 2. The van der Waals surface area contributed by atoms with Gasteiger partial charge in [0.05, 0.1) is 16.3 Å². The molecule has 2 aliphatic heterocycles. The fourth-order valence-corrected chi connectivity index (χ4v) is 5.34. The Balaban J connectivity index is 1.33. The Morgan fingerprint density at radius 2 is 1.46 bits per heavy atom. The molecule has 0 aliphatic carbocycles. The molecule has 3 aromatic carbocycles. The number of thioether (sulfide) groups is 1. The van der Waals surface area contributed by atoms with Crippen LogP contribution < -0.4 is 9.80 Å². The van der Waals surface area contributed by atoms with E-state index in [1.54, 1.807) is 41.3 Å². The van der Waals surface area contributed by atoms with Gasteiger partial charge in [-0.15, -0.1) is 0 Å². The van der Waals surface area contributed by atoms with Gasteiger partial charge < -0.3 is 9.80 Å². The van der Waals surface area contributed by atoms with Crippen LogP contribution in [0, 0.1) is 11.6 Å². The average molecular weight is 492 g/mol. The number of nitrogens with zero attached hydrogens (tertiary/aromatic N) is 3. The lowest BCUT2D eigenvalue weighted by molar-refractivity contribution is -0.131. The highest BCUT2D eigenvalue weighted by atomic mass is 32.2. The van der Waals surface area contributed by atoms with Gasteiger partial charge in [-0.25, -0.2) is 8.78 Å². The van der Waals surface area contributed by atoms with Crippen LogP contribution in [0.2, 0.25) is 0 Å². The summed E-state index contributed by atoms with van der Waals surface area (Å²) >= 11 is 1.27. The normalized spacial score (nSPS) is 17.0. The van der Waals surface area contributed by atoms with Crippen molar-refractivity contribution >= 4 is 41.0 Å². The molecule has 0 unspecified atom stereocenters. The smallest absolute Gasteiger partial charge is 0.265 e. The van der Waals surface area contributed by atoms with Crippen molar-refractivity contribution in [1.82, 2.24) is 4.90 Å². The molecule has 5 rings (SSSR count). The quantitative estimate of drug-likeness (QED) is 0.492. The molecule has 0 spiro atoms. The van der Waals surface area contributed by atoms with Crippen molar-refractivity contribution in [3.63, 3.8) is 0 Å². The highest BCUT2D eigenvalue weighted by molar-refractivity contribution is 8.04. The number of carbonyl (C=O) groups is 2. The van der Waals surface area contributed by atoms with Crippen molar-refractivity contribution in [2.45, 2.75) is 4.90 Å². The molecule has 0 N–H and O–H groups in total. The molecule has 2 aliphatic rings. The van der Waals surface area contributed by atoms with Gasteiger partial charge in [-0.1, -0.05) is 54.2 Å². The van der Waals surface area contributed by atoms with Crippen molar-refractivity contribution in [3.05, 3.63) is 94.9 Å². The maximum atomic E-state index is 14.2. The lowest BCUT2D eigenvalue weighted by Crippen LogP contribution is -2.52. The summed E-state index contributed by atoms with van der Waals surface area (Å²) in [7, 11) is 0. The molecular weight excluding hydrogens is 468 g/mol. The van der Waals surface area contributed by atoms with Gasteiger partial charge in [0.1, 0.15) is 18.2 Å². The zero-order valence-corrected chi connectivity index (χ0v) is 19.7. The van der Waals surface area contributed by atoms with E-state index < -0.39 is 5.82 Å². The van der Waals surface area contributed by atoms with Crippen molar-refractivity contribution in [2.24, 2.45) is 0 Å². The third-order valence-electron chi connectivity index (χ3n) is 6.14. The zero-order valence-electron chi connectivity index (χ0n) is 18.9. The summed E-state index contributed by atoms with van der Waals surface area (Å²) in [6.07, 6.45) is 1.53. The first-order valence-electron chi connectivity index (χ1n) is 11.3. The van der Waals surface area contributed by atoms with Gasteiger partial charge in [0.2, 0.25) is 5.91 Å². The van der Waals surface area contributed by atoms with Crippen LogP contribution in [0.25, 0.3) is 6.08 Å². The van der Waals surface area contributed by atoms with Crippen molar-refractivity contribution < 1.29 is 18.4 Å². The van der Waals surface area contributed by atoms with Gasteiger partial charge in [-0.2, -0.15) is 0 Å². The van der Waals surface area contributed by atoms with E-state index >= 15 is 0 Å². The van der Waals surface area contributed by atoms with Crippen LogP contribution in [0.5, 0.6) is 0 Å². The first-order valence-corrected chi connectivity index (χ1v) is 12.1. The predicted molar refractivity (Wildman–Crippen MR) is 134 cm³/mol. The Hall–Kier alpha value is -3.65. The van der Waals surface area contributed by atoms with Gasteiger partial charge in [-0.05, 0) is 36.4 Å². The van der Waals surface area contributed by atoms with Gasteiger partial charge >= 0.3 is 0 Å². The number of benzene rings is 3. The molecule has 5 nitrogen and oxygen atoms in total. The van der Waals surface area contributed by atoms with Gasteiger partial charge in [0, 0.05) is 36.6 Å². The molecule has 35 heavy (non-hydrogen) atoms. The minimum Gasteiger partial charge on any atom is -0.366 e. The third-order valence-corrected chi connectivity index (χ3v) is 7.22. The SMILES string of the molecule is O=C(CN1C(=O)C(=Cc2ccccc2F)Sc2ccccc21)N1CCN(c2ccccc2F)CC1. The molecule has 1 saturated heterocycles. The molecule has 8 heteroatoms. The van der Waals surface area contributed by atoms with Gasteiger partial charge in [0.15, 0.2) is 0 Å². The van der Waals surface area contributed by atoms with Crippen LogP contribution in [0.15, 0.2) is 82.6 Å². The summed E-state index contributed by atoms with van der Waals surface area (Å²) < 4.78 is 28.4. The Morgan fingerprint density at radius 3 is 2.17 bits per heavy atom. The van der Waals surface area contributed by atoms with Crippen LogP contribution in [0.4, 0.5) is 20.2 Å². The molecule has 0 radical (unpaired) electrons. The molecule has 0 aromatic heterocycles. The van der Waals surface area contributed by atoms with E-state index in [-0.39, 0.29) is 24.2 Å². The van der Waals surface area contributed by atoms with Crippen LogP contribution in [0.1, 0.15) is 5.56 Å². The number of fused-ring (bicyclic) bond motifs is 1. The molecule has 178 valence electrons. The Labute approximate surface area is 206 Å². The molecule has 0 atom stereocenters. The summed E-state index contributed by atoms with van der Waals surface area (Å²) in [5.41, 5.74) is 1.50. The maximum absolute atomic E-state index is 14.2. The summed E-state index contributed by atoms with van der Waals surface area (Å²) in [5.74, 6) is -1.22. The number of rotatable bonds is 4. The Bertz CT molecular complexity index is 1300. The van der Waals surface area contributed by atoms with Crippen LogP contribution in [0.3, 0.4) is 0 Å². The summed E-state index contributed by atoms with van der Waals surface area (Å²) in [6.45, 7) is 1.76. The van der Waals surface area contributed by atoms with Gasteiger partial charge in [-0.3, -0.25) is 14.5 Å². The maximum Gasteiger partial charge on any atom is 0.265 e. The molecule has 0 bridgehead atoms. The summed E-state index contributed by atoms with van der Waals surface area (Å²) in [6, 6.07) is 20.3. The number of amides is 2. The third kappa shape index (κ3) is 4.79. The minimum absolute atomic E-state index is 0.120. The van der Waals surface area contributed by atoms with Crippen molar-refractivity contribution in [2.75, 3.05) is 42.5 Å². The standard InChI is InChI=1S/C27H23F2N3O2S/c28-20-8-2-1-7-19(20)17-25-27(34)32(23-11-5-6-12-24(23)35-25)18-26(33)31-15-13-30(14-16-31)22-10-4-3-9-21(22)29/h1-12,17H,13-16,18H2. The van der Waals surface area contributed by atoms with Crippen molar-refractivity contribution in [3.8, 4) is 0 Å². The van der Waals surface area contributed by atoms with E-state index in [2.05, 4.69) is 0 Å². The fraction of sp³-hybridized carbons (Fsp3) is 0.185. The predicted octanol–water partition coefficient (Wildman–Crippen LogP) is 4.79. The average Bonchev–Trinajstić information content (AvgIpc) is 2.88. The topological polar surface area (TPSA) is 43.9 Å². The number of hydrogen-bond donors (Lipinski definition) is 0. The first-order chi connectivity index (χ1) is 17.0. The highest BCUT2D eigenvalue weighted by Crippen LogP contribution is 2.42. The lowest BCUT2D eigenvalue weighted by Gasteiger charge is -2.37. The van der Waals surface area contributed by atoms with E-state index in [1.807, 2.05) is 29.2 Å². The second-order valence-corrected chi connectivity index (χ2v) is 9.39. The Kier molecular flexibility index (Phi) is 6.55.